The molecule has 3 aliphatic carbocycles. The molecule has 0 N–H and O–H groups in total. The average molecular weight is 194 g/mol. The second-order valence-corrected chi connectivity index (χ2v) is 7.28. The Balaban J connectivity index is 1.57. The molecule has 0 spiro atoms. The molecule has 1 heteroatoms. The van der Waals surface area contributed by atoms with Crippen LogP contribution in [0.15, 0.2) is 0 Å². The zero-order chi connectivity index (χ0) is 8.47. The van der Waals surface area contributed by atoms with Crippen LogP contribution in [0.4, 0.5) is 0 Å². The summed E-state index contributed by atoms with van der Waals surface area (Å²) < 4.78 is 0.843. The molecule has 3 saturated carbocycles. The topological polar surface area (TPSA) is 0 Å². The van der Waals surface area contributed by atoms with Crippen LogP contribution in [0, 0.1) is 23.7 Å². The first-order valence-corrected chi connectivity index (χ1v) is 7.00. The molecule has 5 rings (SSSR count). The Morgan fingerprint density at radius 1 is 1.15 bits per heavy atom. The van der Waals surface area contributed by atoms with E-state index in [2.05, 4.69) is 11.8 Å². The van der Waals surface area contributed by atoms with Crippen LogP contribution in [0.2, 0.25) is 0 Å². The van der Waals surface area contributed by atoms with E-state index < -0.39 is 0 Å². The number of rotatable bonds is 1. The smallest absolute Gasteiger partial charge is 0.0197 e. The largest absolute Gasteiger partial charge is 0.155 e. The van der Waals surface area contributed by atoms with Gasteiger partial charge >= 0.3 is 0 Å². The Morgan fingerprint density at radius 3 is 2.77 bits per heavy atom. The van der Waals surface area contributed by atoms with Gasteiger partial charge in [0, 0.05) is 4.75 Å². The third kappa shape index (κ3) is 0.813. The summed E-state index contributed by atoms with van der Waals surface area (Å²) in [5, 5.41) is 0. The molecule has 2 saturated heterocycles. The molecule has 3 atom stereocenters. The van der Waals surface area contributed by atoms with Crippen molar-refractivity contribution in [3.63, 3.8) is 0 Å². The molecule has 3 unspecified atom stereocenters. The number of hydrogen-bond acceptors (Lipinski definition) is 1. The van der Waals surface area contributed by atoms with Gasteiger partial charge in [-0.25, -0.2) is 0 Å². The Hall–Kier alpha value is 0.350. The maximum Gasteiger partial charge on any atom is 0.0197 e. The predicted octanol–water partition coefficient (Wildman–Crippen LogP) is 3.32. The van der Waals surface area contributed by atoms with E-state index in [0.717, 1.165) is 10.7 Å². The van der Waals surface area contributed by atoms with Gasteiger partial charge in [0.15, 0.2) is 0 Å². The van der Waals surface area contributed by atoms with Crippen LogP contribution in [-0.4, -0.2) is 10.5 Å². The summed E-state index contributed by atoms with van der Waals surface area (Å²) in [6.45, 7) is 0. The minimum atomic E-state index is 0.843. The van der Waals surface area contributed by atoms with E-state index in [4.69, 9.17) is 0 Å². The Bertz CT molecular complexity index is 236. The average Bonchev–Trinajstić information content (AvgIpc) is 2.65. The summed E-state index contributed by atoms with van der Waals surface area (Å²) in [6, 6.07) is 0. The Morgan fingerprint density at radius 2 is 2.08 bits per heavy atom. The van der Waals surface area contributed by atoms with Crippen LogP contribution in [0.3, 0.4) is 0 Å². The van der Waals surface area contributed by atoms with Crippen LogP contribution >= 0.6 is 11.8 Å². The van der Waals surface area contributed by atoms with Gasteiger partial charge in [0.05, 0.1) is 0 Å². The van der Waals surface area contributed by atoms with Gasteiger partial charge in [0.25, 0.3) is 0 Å². The van der Waals surface area contributed by atoms with Gasteiger partial charge in [-0.05, 0) is 55.1 Å². The van der Waals surface area contributed by atoms with Crippen molar-refractivity contribution in [3.8, 4) is 0 Å². The van der Waals surface area contributed by atoms with Gasteiger partial charge in [-0.3, -0.25) is 0 Å². The molecule has 13 heavy (non-hydrogen) atoms. The summed E-state index contributed by atoms with van der Waals surface area (Å²) in [5.41, 5.74) is 0. The van der Waals surface area contributed by atoms with Crippen molar-refractivity contribution in [3.05, 3.63) is 0 Å². The van der Waals surface area contributed by atoms with Crippen molar-refractivity contribution in [2.45, 2.75) is 43.3 Å². The highest BCUT2D eigenvalue weighted by Crippen LogP contribution is 2.69. The lowest BCUT2D eigenvalue weighted by atomic mass is 9.54. The van der Waals surface area contributed by atoms with Crippen LogP contribution in [0.1, 0.15) is 38.5 Å². The van der Waals surface area contributed by atoms with Crippen LogP contribution < -0.4 is 0 Å². The summed E-state index contributed by atoms with van der Waals surface area (Å²) >= 11 is 2.35. The Kier molecular flexibility index (Phi) is 1.34. The predicted molar refractivity (Wildman–Crippen MR) is 56.9 cm³/mol. The van der Waals surface area contributed by atoms with Gasteiger partial charge in [-0.2, -0.15) is 11.8 Å². The zero-order valence-electron chi connectivity index (χ0n) is 8.17. The SMILES string of the molecule is C1CC2CC(C34CC(CS3)C4)C2C1. The quantitative estimate of drug-likeness (QED) is 0.617. The zero-order valence-corrected chi connectivity index (χ0v) is 8.98. The van der Waals surface area contributed by atoms with Gasteiger partial charge in [0.2, 0.25) is 0 Å². The third-order valence-electron chi connectivity index (χ3n) is 5.34. The molecule has 5 fully saturated rings. The molecule has 0 nitrogen and oxygen atoms in total. The number of fused-ring (bicyclic) bond motifs is 2. The molecule has 72 valence electrons. The van der Waals surface area contributed by atoms with Crippen molar-refractivity contribution in [2.24, 2.45) is 23.7 Å². The fourth-order valence-corrected chi connectivity index (χ4v) is 6.64. The van der Waals surface area contributed by atoms with Crippen molar-refractivity contribution in [1.82, 2.24) is 0 Å². The maximum absolute atomic E-state index is 2.35. The first kappa shape index (κ1) is 7.62. The second-order valence-electron chi connectivity index (χ2n) is 5.85. The van der Waals surface area contributed by atoms with Gasteiger partial charge in [-0.15, -0.1) is 0 Å². The van der Waals surface area contributed by atoms with Crippen molar-refractivity contribution >= 4 is 11.8 Å². The minimum Gasteiger partial charge on any atom is -0.155 e. The summed E-state index contributed by atoms with van der Waals surface area (Å²) in [4.78, 5) is 0. The van der Waals surface area contributed by atoms with Crippen LogP contribution in [0.25, 0.3) is 0 Å². The highest BCUT2D eigenvalue weighted by Gasteiger charge is 2.62. The van der Waals surface area contributed by atoms with E-state index in [-0.39, 0.29) is 0 Å². The lowest BCUT2D eigenvalue weighted by Gasteiger charge is -2.54. The molecule has 5 aliphatic rings. The van der Waals surface area contributed by atoms with Crippen LogP contribution in [0.5, 0.6) is 0 Å². The summed E-state index contributed by atoms with van der Waals surface area (Å²) in [7, 11) is 0. The van der Waals surface area contributed by atoms with E-state index >= 15 is 0 Å². The maximum atomic E-state index is 2.35. The molecule has 0 aromatic carbocycles. The van der Waals surface area contributed by atoms with Crippen molar-refractivity contribution < 1.29 is 0 Å². The molecule has 2 heterocycles. The number of thioether (sulfide) groups is 1. The van der Waals surface area contributed by atoms with E-state index in [9.17, 15) is 0 Å². The van der Waals surface area contributed by atoms with Crippen LogP contribution in [-0.2, 0) is 0 Å². The molecule has 0 aromatic rings. The van der Waals surface area contributed by atoms with Crippen molar-refractivity contribution in [1.29, 1.82) is 0 Å². The number of hydrogen-bond donors (Lipinski definition) is 0. The molecule has 2 bridgehead atoms. The van der Waals surface area contributed by atoms with Gasteiger partial charge < -0.3 is 0 Å². The van der Waals surface area contributed by atoms with E-state index in [1.54, 1.807) is 38.5 Å². The second kappa shape index (κ2) is 2.29. The lowest BCUT2D eigenvalue weighted by Crippen LogP contribution is -2.51. The first-order valence-electron chi connectivity index (χ1n) is 6.01. The summed E-state index contributed by atoms with van der Waals surface area (Å²) in [5.74, 6) is 6.19. The molecule has 0 amide bonds. The van der Waals surface area contributed by atoms with Gasteiger partial charge in [-0.1, -0.05) is 12.8 Å². The molecular weight excluding hydrogens is 176 g/mol. The third-order valence-corrected chi connectivity index (χ3v) is 7.19. The monoisotopic (exact) mass is 194 g/mol. The fourth-order valence-electron chi connectivity index (χ4n) is 4.64. The molecule has 0 aromatic heterocycles. The summed E-state index contributed by atoms with van der Waals surface area (Å²) in [6.07, 6.45) is 9.53. The van der Waals surface area contributed by atoms with E-state index in [1.165, 1.54) is 23.5 Å². The highest BCUT2D eigenvalue weighted by molar-refractivity contribution is 8.01. The fraction of sp³-hybridized carbons (Fsp3) is 1.00. The Labute approximate surface area is 84.9 Å². The van der Waals surface area contributed by atoms with Crippen molar-refractivity contribution in [2.75, 3.05) is 5.75 Å². The normalized spacial score (nSPS) is 62.8. The first-order chi connectivity index (χ1) is 6.37. The highest BCUT2D eigenvalue weighted by atomic mass is 32.2. The molecular formula is C12H18S. The van der Waals surface area contributed by atoms with E-state index in [1.807, 2.05) is 0 Å². The van der Waals surface area contributed by atoms with Gasteiger partial charge in [0.1, 0.15) is 0 Å². The van der Waals surface area contributed by atoms with E-state index in [0.29, 0.717) is 0 Å². The minimum absolute atomic E-state index is 0.843. The standard InChI is InChI=1S/C12H18S/c1-2-9-4-11(10(9)3-1)12-5-8(6-12)7-13-12/h8-11H,1-7H2. The lowest BCUT2D eigenvalue weighted by molar-refractivity contribution is 0.0244. The molecule has 0 radical (unpaired) electrons. The molecule has 2 aliphatic heterocycles.